The van der Waals surface area contributed by atoms with Crippen molar-refractivity contribution < 1.29 is 9.53 Å². The lowest BCUT2D eigenvalue weighted by molar-refractivity contribution is -0.118. The summed E-state index contributed by atoms with van der Waals surface area (Å²) in [6, 6.07) is 3.69. The molecule has 0 radical (unpaired) electrons. The number of methoxy groups -OCH3 is 1. The van der Waals surface area contributed by atoms with Crippen LogP contribution in [0.3, 0.4) is 0 Å². The second kappa shape index (κ2) is 3.62. The number of ketones is 1. The topological polar surface area (TPSA) is 26.3 Å². The summed E-state index contributed by atoms with van der Waals surface area (Å²) in [6.07, 6.45) is 1.89. The molecule has 14 heavy (non-hydrogen) atoms. The van der Waals surface area contributed by atoms with Crippen LogP contribution in [0.5, 0.6) is 5.75 Å². The van der Waals surface area contributed by atoms with Gasteiger partial charge in [-0.15, -0.1) is 0 Å². The third-order valence-corrected chi connectivity index (χ3v) is 2.75. The first kappa shape index (κ1) is 9.53. The summed E-state index contributed by atoms with van der Waals surface area (Å²) in [5.41, 5.74) is 2.15. The third kappa shape index (κ3) is 1.62. The second-order valence-electron chi connectivity index (χ2n) is 3.46. The van der Waals surface area contributed by atoms with Crippen LogP contribution in [0.2, 0.25) is 5.02 Å². The summed E-state index contributed by atoms with van der Waals surface area (Å²) < 4.78 is 5.21. The van der Waals surface area contributed by atoms with Crippen molar-refractivity contribution in [3.8, 4) is 5.75 Å². The lowest BCUT2D eigenvalue weighted by Crippen LogP contribution is -2.14. The van der Waals surface area contributed by atoms with Gasteiger partial charge in [0, 0.05) is 23.4 Å². The first-order valence-corrected chi connectivity index (χ1v) is 4.95. The van der Waals surface area contributed by atoms with Gasteiger partial charge >= 0.3 is 0 Å². The molecule has 1 aromatic carbocycles. The van der Waals surface area contributed by atoms with Gasteiger partial charge in [0.25, 0.3) is 0 Å². The first-order chi connectivity index (χ1) is 6.70. The normalized spacial score (nSPS) is 15.1. The Kier molecular flexibility index (Phi) is 2.46. The van der Waals surface area contributed by atoms with E-state index in [4.69, 9.17) is 16.3 Å². The van der Waals surface area contributed by atoms with Crippen molar-refractivity contribution in [2.75, 3.05) is 7.11 Å². The number of aryl methyl sites for hydroxylation is 1. The van der Waals surface area contributed by atoms with E-state index < -0.39 is 0 Å². The number of carbonyl (C=O) groups is 1. The Balaban J connectivity index is 2.52. The van der Waals surface area contributed by atoms with Gasteiger partial charge in [-0.3, -0.25) is 4.79 Å². The highest BCUT2D eigenvalue weighted by Crippen LogP contribution is 2.31. The van der Waals surface area contributed by atoms with Crippen LogP contribution in [0.25, 0.3) is 0 Å². The molecule has 0 fully saturated rings. The minimum atomic E-state index is 0.276. The Morgan fingerprint density at radius 1 is 1.36 bits per heavy atom. The van der Waals surface area contributed by atoms with Crippen LogP contribution in [-0.4, -0.2) is 12.9 Å². The molecule has 0 heterocycles. The van der Waals surface area contributed by atoms with E-state index in [9.17, 15) is 4.79 Å². The number of benzene rings is 1. The lowest BCUT2D eigenvalue weighted by Gasteiger charge is -2.18. The van der Waals surface area contributed by atoms with E-state index in [0.717, 1.165) is 23.3 Å². The van der Waals surface area contributed by atoms with Crippen LogP contribution in [0, 0.1) is 0 Å². The molecule has 0 N–H and O–H groups in total. The van der Waals surface area contributed by atoms with Gasteiger partial charge < -0.3 is 4.74 Å². The molecule has 1 aromatic rings. The summed E-state index contributed by atoms with van der Waals surface area (Å²) >= 11 is 5.93. The molecule has 0 aromatic heterocycles. The van der Waals surface area contributed by atoms with Crippen molar-refractivity contribution in [3.63, 3.8) is 0 Å². The fourth-order valence-corrected chi connectivity index (χ4v) is 2.06. The maximum atomic E-state index is 11.3. The zero-order valence-corrected chi connectivity index (χ0v) is 8.73. The molecule has 2 rings (SSSR count). The van der Waals surface area contributed by atoms with Crippen LogP contribution >= 0.6 is 11.6 Å². The molecule has 0 amide bonds. The van der Waals surface area contributed by atoms with Gasteiger partial charge in [-0.05, 0) is 24.1 Å². The fraction of sp³-hybridized carbons (Fsp3) is 0.364. The smallest absolute Gasteiger partial charge is 0.137 e. The molecule has 0 atom stereocenters. The molecule has 1 aliphatic carbocycles. The van der Waals surface area contributed by atoms with Gasteiger partial charge in [0.05, 0.1) is 7.11 Å². The molecule has 3 heteroatoms. The zero-order valence-electron chi connectivity index (χ0n) is 7.97. The van der Waals surface area contributed by atoms with Gasteiger partial charge in [-0.1, -0.05) is 11.6 Å². The average molecular weight is 211 g/mol. The molecule has 0 saturated carbocycles. The van der Waals surface area contributed by atoms with Crippen LogP contribution in [0.1, 0.15) is 17.5 Å². The van der Waals surface area contributed by atoms with E-state index in [1.54, 1.807) is 13.2 Å². The molecule has 0 bridgehead atoms. The summed E-state index contributed by atoms with van der Waals surface area (Å²) in [5.74, 6) is 1.01. The summed E-state index contributed by atoms with van der Waals surface area (Å²) in [6.45, 7) is 0. The van der Waals surface area contributed by atoms with Crippen LogP contribution in [0.4, 0.5) is 0 Å². The van der Waals surface area contributed by atoms with Crippen molar-refractivity contribution in [1.29, 1.82) is 0 Å². The van der Waals surface area contributed by atoms with Crippen molar-refractivity contribution in [3.05, 3.63) is 28.3 Å². The number of hydrogen-bond donors (Lipinski definition) is 0. The lowest BCUT2D eigenvalue weighted by atomic mass is 9.90. The SMILES string of the molecule is COc1cc(Cl)cc2c1CC(=O)CC2. The number of hydrogen-bond acceptors (Lipinski definition) is 2. The number of carbonyl (C=O) groups excluding carboxylic acids is 1. The Hall–Kier alpha value is -1.02. The highest BCUT2D eigenvalue weighted by atomic mass is 35.5. The van der Waals surface area contributed by atoms with Gasteiger partial charge in [0.2, 0.25) is 0 Å². The third-order valence-electron chi connectivity index (χ3n) is 2.53. The monoisotopic (exact) mass is 210 g/mol. The fourth-order valence-electron chi connectivity index (χ4n) is 1.83. The van der Waals surface area contributed by atoms with Crippen LogP contribution in [-0.2, 0) is 17.6 Å². The molecule has 0 aliphatic heterocycles. The number of ether oxygens (including phenoxy) is 1. The number of rotatable bonds is 1. The quantitative estimate of drug-likeness (QED) is 0.712. The maximum Gasteiger partial charge on any atom is 0.137 e. The van der Waals surface area contributed by atoms with Crippen LogP contribution < -0.4 is 4.74 Å². The molecule has 0 saturated heterocycles. The molecular weight excluding hydrogens is 200 g/mol. The minimum Gasteiger partial charge on any atom is -0.496 e. The van der Waals surface area contributed by atoms with Crippen molar-refractivity contribution in [1.82, 2.24) is 0 Å². The van der Waals surface area contributed by atoms with E-state index in [1.807, 2.05) is 6.07 Å². The van der Waals surface area contributed by atoms with Crippen LogP contribution in [0.15, 0.2) is 12.1 Å². The van der Waals surface area contributed by atoms with E-state index in [0.29, 0.717) is 17.9 Å². The van der Waals surface area contributed by atoms with Gasteiger partial charge in [0.15, 0.2) is 0 Å². The van der Waals surface area contributed by atoms with Crippen molar-refractivity contribution in [2.45, 2.75) is 19.3 Å². The highest BCUT2D eigenvalue weighted by Gasteiger charge is 2.19. The summed E-state index contributed by atoms with van der Waals surface area (Å²) in [7, 11) is 1.60. The molecule has 1 aliphatic rings. The summed E-state index contributed by atoms with van der Waals surface area (Å²) in [5, 5.41) is 0.676. The second-order valence-corrected chi connectivity index (χ2v) is 3.90. The Morgan fingerprint density at radius 3 is 2.86 bits per heavy atom. The van der Waals surface area contributed by atoms with Gasteiger partial charge in [0.1, 0.15) is 11.5 Å². The van der Waals surface area contributed by atoms with Crippen molar-refractivity contribution in [2.24, 2.45) is 0 Å². The Bertz CT molecular complexity index is 368. The largest absolute Gasteiger partial charge is 0.496 e. The average Bonchev–Trinajstić information content (AvgIpc) is 2.17. The highest BCUT2D eigenvalue weighted by molar-refractivity contribution is 6.30. The van der Waals surface area contributed by atoms with E-state index in [-0.39, 0.29) is 5.78 Å². The predicted octanol–water partition coefficient (Wildman–Crippen LogP) is 2.41. The predicted molar refractivity (Wildman–Crippen MR) is 55.0 cm³/mol. The zero-order chi connectivity index (χ0) is 10.1. The molecule has 0 unspecified atom stereocenters. The van der Waals surface area contributed by atoms with Gasteiger partial charge in [-0.2, -0.15) is 0 Å². The standard InChI is InChI=1S/C11H11ClO2/c1-14-11-5-8(12)4-7-2-3-9(13)6-10(7)11/h4-5H,2-3,6H2,1H3. The van der Waals surface area contributed by atoms with E-state index in [2.05, 4.69) is 0 Å². The van der Waals surface area contributed by atoms with E-state index in [1.165, 1.54) is 0 Å². The van der Waals surface area contributed by atoms with Gasteiger partial charge in [-0.25, -0.2) is 0 Å². The number of fused-ring (bicyclic) bond motifs is 1. The Labute approximate surface area is 87.8 Å². The molecule has 2 nitrogen and oxygen atoms in total. The number of halogens is 1. The van der Waals surface area contributed by atoms with Crippen molar-refractivity contribution >= 4 is 17.4 Å². The number of Topliss-reactive ketones (excluding diaryl/α,β-unsaturated/α-hetero) is 1. The molecular formula is C11H11ClO2. The minimum absolute atomic E-state index is 0.276. The Morgan fingerprint density at radius 2 is 2.14 bits per heavy atom. The molecule has 74 valence electrons. The molecule has 0 spiro atoms. The maximum absolute atomic E-state index is 11.3. The van der Waals surface area contributed by atoms with E-state index >= 15 is 0 Å². The first-order valence-electron chi connectivity index (χ1n) is 4.57. The summed E-state index contributed by atoms with van der Waals surface area (Å²) in [4.78, 5) is 11.3.